The maximum Gasteiger partial charge on any atom is 0.326 e. The molecule has 0 fully saturated rings. The van der Waals surface area contributed by atoms with Gasteiger partial charge in [-0.3, -0.25) is 4.79 Å². The van der Waals surface area contributed by atoms with Gasteiger partial charge in [0.15, 0.2) is 0 Å². The van der Waals surface area contributed by atoms with Crippen LogP contribution in [-0.2, 0) is 14.3 Å². The summed E-state index contributed by atoms with van der Waals surface area (Å²) >= 11 is 0. The summed E-state index contributed by atoms with van der Waals surface area (Å²) in [6.07, 6.45) is 1.29. The van der Waals surface area contributed by atoms with Crippen molar-refractivity contribution in [2.75, 3.05) is 7.11 Å². The zero-order valence-corrected chi connectivity index (χ0v) is 9.45. The van der Waals surface area contributed by atoms with Crippen LogP contribution in [0.5, 0.6) is 0 Å². The molecule has 0 aliphatic rings. The molecule has 1 amide bonds. The van der Waals surface area contributed by atoms with Crippen molar-refractivity contribution >= 4 is 11.9 Å². The molecule has 88 valence electrons. The molecule has 0 rings (SSSR count). The fourth-order valence-electron chi connectivity index (χ4n) is 1.06. The molecule has 0 bridgehead atoms. The number of rotatable bonds is 7. The molecule has 0 spiro atoms. The molecule has 0 aliphatic carbocycles. The summed E-state index contributed by atoms with van der Waals surface area (Å²) < 4.78 is 4.98. The molecule has 2 atom stereocenters. The number of nitrogens with one attached hydrogen (secondary N) is 1. The van der Waals surface area contributed by atoms with E-state index in [0.29, 0.717) is 19.3 Å². The van der Waals surface area contributed by atoms with Gasteiger partial charge in [-0.05, 0) is 19.8 Å². The summed E-state index contributed by atoms with van der Waals surface area (Å²) in [5.74, 6) is -1.24. The molecule has 0 saturated heterocycles. The number of hydrogen-bond acceptors (Lipinski definition) is 3. The van der Waals surface area contributed by atoms with Crippen molar-refractivity contribution in [2.45, 2.75) is 45.3 Å². The molecular weight excluding hydrogens is 198 g/mol. The minimum Gasteiger partial charge on any atom is -0.480 e. The van der Waals surface area contributed by atoms with Gasteiger partial charge in [0.2, 0.25) is 5.91 Å². The maximum absolute atomic E-state index is 11.3. The quantitative estimate of drug-likeness (QED) is 0.660. The summed E-state index contributed by atoms with van der Waals surface area (Å²) in [5.41, 5.74) is 0. The van der Waals surface area contributed by atoms with Crippen LogP contribution in [0.25, 0.3) is 0 Å². The second kappa shape index (κ2) is 7.23. The number of carboxylic acid groups (broad SMARTS) is 1. The third-order valence-corrected chi connectivity index (χ3v) is 2.22. The molecule has 15 heavy (non-hydrogen) atoms. The highest BCUT2D eigenvalue weighted by molar-refractivity contribution is 5.83. The van der Waals surface area contributed by atoms with Crippen LogP contribution < -0.4 is 5.32 Å². The average Bonchev–Trinajstić information content (AvgIpc) is 2.21. The Morgan fingerprint density at radius 1 is 1.47 bits per heavy atom. The van der Waals surface area contributed by atoms with Gasteiger partial charge in [-0.1, -0.05) is 6.92 Å². The largest absolute Gasteiger partial charge is 0.480 e. The lowest BCUT2D eigenvalue weighted by atomic mass is 10.2. The Hall–Kier alpha value is -1.10. The van der Waals surface area contributed by atoms with E-state index >= 15 is 0 Å². The second-order valence-corrected chi connectivity index (χ2v) is 3.45. The SMILES string of the molecule is CCC(NC(=O)CCC(C)OC)C(=O)O. The summed E-state index contributed by atoms with van der Waals surface area (Å²) in [6, 6.07) is -0.782. The zero-order chi connectivity index (χ0) is 11.8. The Balaban J connectivity index is 3.86. The highest BCUT2D eigenvalue weighted by Gasteiger charge is 2.17. The van der Waals surface area contributed by atoms with Gasteiger partial charge in [-0.15, -0.1) is 0 Å². The molecule has 0 aromatic rings. The highest BCUT2D eigenvalue weighted by Crippen LogP contribution is 2.00. The van der Waals surface area contributed by atoms with Crippen molar-refractivity contribution in [1.82, 2.24) is 5.32 Å². The van der Waals surface area contributed by atoms with Crippen molar-refractivity contribution in [3.05, 3.63) is 0 Å². The van der Waals surface area contributed by atoms with Gasteiger partial charge in [0.25, 0.3) is 0 Å². The van der Waals surface area contributed by atoms with E-state index in [1.54, 1.807) is 14.0 Å². The van der Waals surface area contributed by atoms with Crippen LogP contribution in [0.4, 0.5) is 0 Å². The number of carboxylic acids is 1. The summed E-state index contributed by atoms with van der Waals surface area (Å²) in [5, 5.41) is 11.2. The molecule has 0 radical (unpaired) electrons. The number of aliphatic carboxylic acids is 1. The third-order valence-electron chi connectivity index (χ3n) is 2.22. The van der Waals surface area contributed by atoms with Crippen LogP contribution in [0, 0.1) is 0 Å². The summed E-state index contributed by atoms with van der Waals surface area (Å²) in [7, 11) is 1.58. The Bertz CT molecular complexity index is 217. The van der Waals surface area contributed by atoms with Crippen LogP contribution in [0.15, 0.2) is 0 Å². The van der Waals surface area contributed by atoms with Gasteiger partial charge < -0.3 is 15.2 Å². The van der Waals surface area contributed by atoms with E-state index in [4.69, 9.17) is 9.84 Å². The number of carbonyl (C=O) groups is 2. The minimum absolute atomic E-state index is 0.0145. The van der Waals surface area contributed by atoms with E-state index in [1.165, 1.54) is 0 Å². The number of ether oxygens (including phenoxy) is 1. The van der Waals surface area contributed by atoms with Crippen molar-refractivity contribution in [1.29, 1.82) is 0 Å². The highest BCUT2D eigenvalue weighted by atomic mass is 16.5. The van der Waals surface area contributed by atoms with E-state index in [9.17, 15) is 9.59 Å². The van der Waals surface area contributed by atoms with Crippen LogP contribution in [-0.4, -0.2) is 36.2 Å². The number of hydrogen-bond donors (Lipinski definition) is 2. The lowest BCUT2D eigenvalue weighted by molar-refractivity contribution is -0.142. The Morgan fingerprint density at radius 2 is 2.07 bits per heavy atom. The van der Waals surface area contributed by atoms with Crippen LogP contribution in [0.2, 0.25) is 0 Å². The van der Waals surface area contributed by atoms with Crippen LogP contribution in [0.1, 0.15) is 33.1 Å². The first-order valence-electron chi connectivity index (χ1n) is 5.06. The average molecular weight is 217 g/mol. The predicted molar refractivity (Wildman–Crippen MR) is 55.6 cm³/mol. The number of amides is 1. The van der Waals surface area contributed by atoms with E-state index in [0.717, 1.165) is 0 Å². The number of carbonyl (C=O) groups excluding carboxylic acids is 1. The molecule has 2 N–H and O–H groups in total. The van der Waals surface area contributed by atoms with Gasteiger partial charge >= 0.3 is 5.97 Å². The van der Waals surface area contributed by atoms with Crippen LogP contribution >= 0.6 is 0 Å². The topological polar surface area (TPSA) is 75.6 Å². The third kappa shape index (κ3) is 6.06. The smallest absolute Gasteiger partial charge is 0.326 e. The van der Waals surface area contributed by atoms with Gasteiger partial charge in [-0.25, -0.2) is 4.79 Å². The summed E-state index contributed by atoms with van der Waals surface area (Å²) in [4.78, 5) is 21.9. The molecule has 5 heteroatoms. The Morgan fingerprint density at radius 3 is 2.47 bits per heavy atom. The van der Waals surface area contributed by atoms with E-state index in [1.807, 2.05) is 6.92 Å². The first-order valence-corrected chi connectivity index (χ1v) is 5.06. The number of methoxy groups -OCH3 is 1. The second-order valence-electron chi connectivity index (χ2n) is 3.45. The van der Waals surface area contributed by atoms with Crippen molar-refractivity contribution < 1.29 is 19.4 Å². The molecule has 0 saturated carbocycles. The zero-order valence-electron chi connectivity index (χ0n) is 9.45. The Kier molecular flexibility index (Phi) is 6.70. The van der Waals surface area contributed by atoms with Gasteiger partial charge in [0.05, 0.1) is 6.10 Å². The van der Waals surface area contributed by atoms with Crippen molar-refractivity contribution in [3.8, 4) is 0 Å². The normalized spacial score (nSPS) is 14.3. The molecule has 0 aliphatic heterocycles. The molecule has 2 unspecified atom stereocenters. The van der Waals surface area contributed by atoms with E-state index in [-0.39, 0.29) is 12.0 Å². The Labute approximate surface area is 89.8 Å². The molecular formula is C10H19NO4. The fraction of sp³-hybridized carbons (Fsp3) is 0.800. The first-order chi connectivity index (χ1) is 7.01. The molecule has 5 nitrogen and oxygen atoms in total. The van der Waals surface area contributed by atoms with Crippen LogP contribution in [0.3, 0.4) is 0 Å². The first kappa shape index (κ1) is 13.9. The maximum atomic E-state index is 11.3. The van der Waals surface area contributed by atoms with E-state index in [2.05, 4.69) is 5.32 Å². The predicted octanol–water partition coefficient (Wildman–Crippen LogP) is 0.781. The lowest BCUT2D eigenvalue weighted by Crippen LogP contribution is -2.40. The lowest BCUT2D eigenvalue weighted by Gasteiger charge is -2.13. The molecule has 0 heterocycles. The summed E-state index contributed by atoms with van der Waals surface area (Å²) in [6.45, 7) is 3.58. The van der Waals surface area contributed by atoms with E-state index < -0.39 is 12.0 Å². The van der Waals surface area contributed by atoms with Crippen molar-refractivity contribution in [2.24, 2.45) is 0 Å². The van der Waals surface area contributed by atoms with Gasteiger partial charge in [0, 0.05) is 13.5 Å². The molecule has 0 aromatic carbocycles. The van der Waals surface area contributed by atoms with Crippen molar-refractivity contribution in [3.63, 3.8) is 0 Å². The van der Waals surface area contributed by atoms with Gasteiger partial charge in [-0.2, -0.15) is 0 Å². The fourth-order valence-corrected chi connectivity index (χ4v) is 1.06. The van der Waals surface area contributed by atoms with Gasteiger partial charge in [0.1, 0.15) is 6.04 Å². The molecule has 0 aromatic heterocycles. The minimum atomic E-state index is -0.995. The standard InChI is InChI=1S/C10H19NO4/c1-4-8(10(13)14)11-9(12)6-5-7(2)15-3/h7-8H,4-6H2,1-3H3,(H,11,12)(H,13,14). The monoisotopic (exact) mass is 217 g/mol.